The fourth-order valence-electron chi connectivity index (χ4n) is 1.30. The number of nitrogens with zero attached hydrogens (tertiary/aromatic N) is 1. The van der Waals surface area contributed by atoms with E-state index >= 15 is 0 Å². The summed E-state index contributed by atoms with van der Waals surface area (Å²) in [5, 5.41) is 2.80. The Bertz CT molecular complexity index is 157. The highest BCUT2D eigenvalue weighted by atomic mass is 16.1. The van der Waals surface area contributed by atoms with Gasteiger partial charge in [0.25, 0.3) is 0 Å². The highest BCUT2D eigenvalue weighted by Gasteiger charge is 1.99. The van der Waals surface area contributed by atoms with E-state index in [4.69, 9.17) is 0 Å². The zero-order valence-electron chi connectivity index (χ0n) is 9.97. The first kappa shape index (κ1) is 13.4. The Morgan fingerprint density at radius 1 is 1.36 bits per heavy atom. The second-order valence-corrected chi connectivity index (χ2v) is 4.32. The van der Waals surface area contributed by atoms with Crippen molar-refractivity contribution >= 4 is 5.91 Å². The van der Waals surface area contributed by atoms with Crippen molar-refractivity contribution in [2.24, 2.45) is 5.92 Å². The van der Waals surface area contributed by atoms with Gasteiger partial charge in [0.2, 0.25) is 5.91 Å². The molecule has 0 aromatic rings. The van der Waals surface area contributed by atoms with Crippen LogP contribution in [-0.4, -0.2) is 37.5 Å². The Labute approximate surface area is 87.9 Å². The zero-order valence-corrected chi connectivity index (χ0v) is 9.97. The van der Waals surface area contributed by atoms with Gasteiger partial charge in [-0.1, -0.05) is 13.8 Å². The fourth-order valence-corrected chi connectivity index (χ4v) is 1.30. The van der Waals surface area contributed by atoms with Gasteiger partial charge in [0.1, 0.15) is 0 Å². The Morgan fingerprint density at radius 2 is 2.00 bits per heavy atom. The van der Waals surface area contributed by atoms with E-state index in [0.717, 1.165) is 25.6 Å². The van der Waals surface area contributed by atoms with Crippen LogP contribution < -0.4 is 5.32 Å². The number of nitrogens with one attached hydrogen (secondary N) is 1. The van der Waals surface area contributed by atoms with Crippen molar-refractivity contribution in [3.63, 3.8) is 0 Å². The number of amides is 1. The zero-order chi connectivity index (χ0) is 11.0. The molecule has 0 heterocycles. The molecule has 0 fully saturated rings. The summed E-state index contributed by atoms with van der Waals surface area (Å²) < 4.78 is 0. The summed E-state index contributed by atoms with van der Waals surface area (Å²) in [4.78, 5) is 12.9. The summed E-state index contributed by atoms with van der Waals surface area (Å²) in [6.45, 7) is 8.87. The van der Waals surface area contributed by atoms with Gasteiger partial charge in [-0.05, 0) is 32.4 Å². The Hall–Kier alpha value is -0.570. The smallest absolute Gasteiger partial charge is 0.216 e. The van der Waals surface area contributed by atoms with Crippen molar-refractivity contribution in [1.29, 1.82) is 0 Å². The van der Waals surface area contributed by atoms with Crippen LogP contribution in [0.25, 0.3) is 0 Å². The quantitative estimate of drug-likeness (QED) is 0.675. The van der Waals surface area contributed by atoms with Gasteiger partial charge >= 0.3 is 0 Å². The molecule has 0 saturated carbocycles. The van der Waals surface area contributed by atoms with Crippen LogP contribution in [0, 0.1) is 5.92 Å². The maximum atomic E-state index is 10.6. The average molecular weight is 200 g/mol. The highest BCUT2D eigenvalue weighted by molar-refractivity contribution is 5.72. The molecule has 0 aliphatic rings. The summed E-state index contributed by atoms with van der Waals surface area (Å²) in [6.07, 6.45) is 2.53. The largest absolute Gasteiger partial charge is 0.355 e. The van der Waals surface area contributed by atoms with E-state index < -0.39 is 0 Å². The van der Waals surface area contributed by atoms with E-state index in [1.165, 1.54) is 12.8 Å². The molecule has 0 bridgehead atoms. The minimum Gasteiger partial charge on any atom is -0.355 e. The van der Waals surface area contributed by atoms with Crippen molar-refractivity contribution in [3.8, 4) is 0 Å². The molecule has 1 amide bonds. The summed E-state index contributed by atoms with van der Waals surface area (Å²) in [5.41, 5.74) is 0. The average Bonchev–Trinajstić information content (AvgIpc) is 2.02. The van der Waals surface area contributed by atoms with Crippen LogP contribution in [-0.2, 0) is 4.79 Å². The lowest BCUT2D eigenvalue weighted by atomic mass is 10.1. The van der Waals surface area contributed by atoms with Gasteiger partial charge in [0.05, 0.1) is 0 Å². The van der Waals surface area contributed by atoms with Crippen molar-refractivity contribution in [1.82, 2.24) is 10.2 Å². The monoisotopic (exact) mass is 200 g/mol. The van der Waals surface area contributed by atoms with E-state index in [9.17, 15) is 4.79 Å². The number of likely N-dealkylation sites (N-methyl/N-ethyl adjacent to an activating group) is 1. The van der Waals surface area contributed by atoms with E-state index in [1.54, 1.807) is 6.92 Å². The molecule has 14 heavy (non-hydrogen) atoms. The van der Waals surface area contributed by atoms with Gasteiger partial charge in [-0.2, -0.15) is 0 Å². The van der Waals surface area contributed by atoms with Crippen molar-refractivity contribution in [3.05, 3.63) is 0 Å². The summed E-state index contributed by atoms with van der Waals surface area (Å²) in [7, 11) is 2.10. The standard InChI is InChI=1S/C11H24N2O/c1-10(2)6-5-8-13(4)9-7-12-11(3)14/h10H,5-9H2,1-4H3,(H,12,14). The maximum Gasteiger partial charge on any atom is 0.216 e. The molecule has 0 spiro atoms. The molecule has 3 nitrogen and oxygen atoms in total. The first-order valence-corrected chi connectivity index (χ1v) is 5.45. The van der Waals surface area contributed by atoms with Crippen LogP contribution in [0.2, 0.25) is 0 Å². The van der Waals surface area contributed by atoms with Crippen LogP contribution in [0.5, 0.6) is 0 Å². The first-order valence-electron chi connectivity index (χ1n) is 5.45. The third-order valence-corrected chi connectivity index (χ3v) is 2.19. The summed E-state index contributed by atoms with van der Waals surface area (Å²) >= 11 is 0. The normalized spacial score (nSPS) is 11.0. The van der Waals surface area contributed by atoms with Gasteiger partial charge in [-0.15, -0.1) is 0 Å². The fraction of sp³-hybridized carbons (Fsp3) is 0.909. The van der Waals surface area contributed by atoms with E-state index in [0.29, 0.717) is 0 Å². The topological polar surface area (TPSA) is 32.3 Å². The Morgan fingerprint density at radius 3 is 2.50 bits per heavy atom. The van der Waals surface area contributed by atoms with Crippen molar-refractivity contribution in [2.45, 2.75) is 33.6 Å². The summed E-state index contributed by atoms with van der Waals surface area (Å²) in [5.74, 6) is 0.847. The molecule has 0 rings (SSSR count). The predicted octanol–water partition coefficient (Wildman–Crippen LogP) is 1.49. The van der Waals surface area contributed by atoms with Crippen LogP contribution in [0.1, 0.15) is 33.6 Å². The number of hydrogen-bond donors (Lipinski definition) is 1. The number of carbonyl (C=O) groups excluding carboxylic acids is 1. The van der Waals surface area contributed by atoms with Gasteiger partial charge < -0.3 is 10.2 Å². The molecule has 0 radical (unpaired) electrons. The molecule has 3 heteroatoms. The molecule has 0 aromatic carbocycles. The molecule has 84 valence electrons. The molecule has 0 aliphatic carbocycles. The van der Waals surface area contributed by atoms with Gasteiger partial charge in [-0.25, -0.2) is 0 Å². The first-order chi connectivity index (χ1) is 6.52. The minimum absolute atomic E-state index is 0.0561. The highest BCUT2D eigenvalue weighted by Crippen LogP contribution is 2.03. The molecule has 1 N–H and O–H groups in total. The lowest BCUT2D eigenvalue weighted by Crippen LogP contribution is -2.32. The number of hydrogen-bond acceptors (Lipinski definition) is 2. The lowest BCUT2D eigenvalue weighted by molar-refractivity contribution is -0.118. The van der Waals surface area contributed by atoms with Crippen molar-refractivity contribution in [2.75, 3.05) is 26.7 Å². The van der Waals surface area contributed by atoms with Gasteiger partial charge in [-0.3, -0.25) is 4.79 Å². The van der Waals surface area contributed by atoms with Gasteiger partial charge in [0.15, 0.2) is 0 Å². The summed E-state index contributed by atoms with van der Waals surface area (Å²) in [6, 6.07) is 0. The minimum atomic E-state index is 0.0561. The van der Waals surface area contributed by atoms with Crippen LogP contribution >= 0.6 is 0 Å². The van der Waals surface area contributed by atoms with E-state index in [1.807, 2.05) is 0 Å². The molecule has 0 aromatic heterocycles. The Kier molecular flexibility index (Phi) is 7.48. The predicted molar refractivity (Wildman–Crippen MR) is 60.3 cm³/mol. The SMILES string of the molecule is CC(=O)NCCN(C)CCCC(C)C. The van der Waals surface area contributed by atoms with Crippen LogP contribution in [0.15, 0.2) is 0 Å². The molecule has 0 unspecified atom stereocenters. The molecular weight excluding hydrogens is 176 g/mol. The van der Waals surface area contributed by atoms with Crippen LogP contribution in [0.4, 0.5) is 0 Å². The second-order valence-electron chi connectivity index (χ2n) is 4.32. The molecule has 0 aliphatic heterocycles. The molecule has 0 saturated heterocycles. The lowest BCUT2D eigenvalue weighted by Gasteiger charge is -2.16. The third-order valence-electron chi connectivity index (χ3n) is 2.19. The Balaban J connectivity index is 3.27. The third kappa shape index (κ3) is 9.52. The van der Waals surface area contributed by atoms with Crippen molar-refractivity contribution < 1.29 is 4.79 Å². The van der Waals surface area contributed by atoms with Gasteiger partial charge in [0, 0.05) is 20.0 Å². The van der Waals surface area contributed by atoms with Crippen LogP contribution in [0.3, 0.4) is 0 Å². The number of rotatable bonds is 7. The number of carbonyl (C=O) groups is 1. The van der Waals surface area contributed by atoms with E-state index in [-0.39, 0.29) is 5.91 Å². The molecule has 0 atom stereocenters. The molecular formula is C11H24N2O. The second kappa shape index (κ2) is 7.80. The maximum absolute atomic E-state index is 10.6. The van der Waals surface area contributed by atoms with E-state index in [2.05, 4.69) is 31.1 Å².